The second-order valence-corrected chi connectivity index (χ2v) is 3.92. The molecule has 1 aromatic rings. The number of nitrogens with zero attached hydrogens (tertiary/aromatic N) is 1. The van der Waals surface area contributed by atoms with Crippen molar-refractivity contribution < 1.29 is 14.7 Å². The Kier molecular flexibility index (Phi) is 4.24. The van der Waals surface area contributed by atoms with Crippen molar-refractivity contribution in [3.63, 3.8) is 0 Å². The Labute approximate surface area is 101 Å². The Morgan fingerprint density at radius 3 is 2.76 bits per heavy atom. The number of nitrogens with one attached hydrogen (secondary N) is 2. The molecular formula is C8H13N5O3S. The summed E-state index contributed by atoms with van der Waals surface area (Å²) in [6.07, 6.45) is -1.34. The van der Waals surface area contributed by atoms with Crippen molar-refractivity contribution in [2.75, 3.05) is 24.6 Å². The fourth-order valence-electron chi connectivity index (χ4n) is 1.06. The molecule has 1 aromatic heterocycles. The van der Waals surface area contributed by atoms with Gasteiger partial charge in [0, 0.05) is 7.05 Å². The molecule has 0 saturated heterocycles. The topological polar surface area (TPSA) is 143 Å². The van der Waals surface area contributed by atoms with Crippen molar-refractivity contribution in [1.29, 1.82) is 0 Å². The number of nitrogen functional groups attached to an aromatic ring is 1. The molecule has 94 valence electrons. The summed E-state index contributed by atoms with van der Waals surface area (Å²) in [4.78, 5) is 22.1. The van der Waals surface area contributed by atoms with E-state index in [1.54, 1.807) is 0 Å². The summed E-state index contributed by atoms with van der Waals surface area (Å²) < 4.78 is 3.81. The zero-order valence-electron chi connectivity index (χ0n) is 9.06. The van der Waals surface area contributed by atoms with Crippen LogP contribution in [0.5, 0.6) is 0 Å². The molecule has 2 amide bonds. The van der Waals surface area contributed by atoms with Crippen LogP contribution in [0.1, 0.15) is 10.4 Å². The van der Waals surface area contributed by atoms with E-state index >= 15 is 0 Å². The number of aliphatic hydroxyl groups excluding tert-OH is 1. The van der Waals surface area contributed by atoms with E-state index in [-0.39, 0.29) is 17.9 Å². The Hall–Kier alpha value is -1.87. The molecular weight excluding hydrogens is 246 g/mol. The number of rotatable bonds is 5. The third kappa shape index (κ3) is 3.04. The second-order valence-electron chi connectivity index (χ2n) is 3.15. The lowest BCUT2D eigenvalue weighted by Crippen LogP contribution is -2.34. The molecule has 7 N–H and O–H groups in total. The van der Waals surface area contributed by atoms with Gasteiger partial charge in [0.1, 0.15) is 16.7 Å². The van der Waals surface area contributed by atoms with Crippen LogP contribution >= 0.6 is 11.5 Å². The maximum absolute atomic E-state index is 11.5. The first-order chi connectivity index (χ1) is 7.97. The number of primary amides is 1. The molecule has 8 nitrogen and oxygen atoms in total. The van der Waals surface area contributed by atoms with Crippen molar-refractivity contribution in [3.8, 4) is 0 Å². The van der Waals surface area contributed by atoms with Crippen molar-refractivity contribution in [3.05, 3.63) is 5.56 Å². The zero-order chi connectivity index (χ0) is 13.0. The number of hydrogen-bond acceptors (Lipinski definition) is 7. The van der Waals surface area contributed by atoms with Crippen molar-refractivity contribution in [1.82, 2.24) is 9.69 Å². The summed E-state index contributed by atoms with van der Waals surface area (Å²) in [5.41, 5.74) is 10.6. The fraction of sp³-hybridized carbons (Fsp3) is 0.375. The lowest BCUT2D eigenvalue weighted by Gasteiger charge is -2.09. The lowest BCUT2D eigenvalue weighted by molar-refractivity contribution is -0.125. The van der Waals surface area contributed by atoms with Gasteiger partial charge in [0.2, 0.25) is 5.91 Å². The second kappa shape index (κ2) is 5.46. The molecule has 0 aliphatic rings. The predicted molar refractivity (Wildman–Crippen MR) is 63.6 cm³/mol. The zero-order valence-corrected chi connectivity index (χ0v) is 9.87. The average Bonchev–Trinajstić information content (AvgIpc) is 2.66. The van der Waals surface area contributed by atoms with Gasteiger partial charge in [0.25, 0.3) is 5.91 Å². The van der Waals surface area contributed by atoms with Gasteiger partial charge in [0.15, 0.2) is 5.82 Å². The van der Waals surface area contributed by atoms with Gasteiger partial charge in [-0.1, -0.05) is 0 Å². The highest BCUT2D eigenvalue weighted by Gasteiger charge is 2.19. The van der Waals surface area contributed by atoms with Crippen LogP contribution in [0.4, 0.5) is 10.8 Å². The van der Waals surface area contributed by atoms with Gasteiger partial charge in [0.05, 0.1) is 6.54 Å². The van der Waals surface area contributed by atoms with E-state index in [1.165, 1.54) is 7.05 Å². The predicted octanol–water partition coefficient (Wildman–Crippen LogP) is -1.66. The maximum atomic E-state index is 11.5. The summed E-state index contributed by atoms with van der Waals surface area (Å²) in [6.45, 7) is -0.110. The SMILES string of the molecule is CNC(=O)c1c(N)nsc1NCC(O)C(N)=O. The molecule has 0 bridgehead atoms. The van der Waals surface area contributed by atoms with Crippen LogP contribution in [0.15, 0.2) is 0 Å². The number of hydrogen-bond donors (Lipinski definition) is 5. The van der Waals surface area contributed by atoms with E-state index in [4.69, 9.17) is 11.5 Å². The van der Waals surface area contributed by atoms with Crippen LogP contribution in [0.3, 0.4) is 0 Å². The van der Waals surface area contributed by atoms with Crippen LogP contribution < -0.4 is 22.1 Å². The number of anilines is 2. The van der Waals surface area contributed by atoms with Crippen molar-refractivity contribution in [2.24, 2.45) is 5.73 Å². The molecule has 0 aromatic carbocycles. The number of carbonyl (C=O) groups excluding carboxylic acids is 2. The highest BCUT2D eigenvalue weighted by Crippen LogP contribution is 2.26. The molecule has 0 aliphatic carbocycles. The monoisotopic (exact) mass is 259 g/mol. The highest BCUT2D eigenvalue weighted by molar-refractivity contribution is 7.11. The van der Waals surface area contributed by atoms with E-state index in [1.807, 2.05) is 0 Å². The maximum Gasteiger partial charge on any atom is 0.257 e. The average molecular weight is 259 g/mol. The lowest BCUT2D eigenvalue weighted by atomic mass is 10.3. The van der Waals surface area contributed by atoms with Crippen LogP contribution in [0.25, 0.3) is 0 Å². The molecule has 0 spiro atoms. The smallest absolute Gasteiger partial charge is 0.257 e. The van der Waals surface area contributed by atoms with Gasteiger partial charge in [-0.3, -0.25) is 9.59 Å². The number of carbonyl (C=O) groups is 2. The summed E-state index contributed by atoms with van der Waals surface area (Å²) >= 11 is 0.963. The van der Waals surface area contributed by atoms with E-state index in [0.29, 0.717) is 5.00 Å². The largest absolute Gasteiger partial charge is 0.382 e. The van der Waals surface area contributed by atoms with Crippen LogP contribution in [-0.2, 0) is 4.79 Å². The molecule has 17 heavy (non-hydrogen) atoms. The third-order valence-electron chi connectivity index (χ3n) is 1.96. The number of nitrogens with two attached hydrogens (primary N) is 2. The fourth-order valence-corrected chi connectivity index (χ4v) is 1.77. The van der Waals surface area contributed by atoms with Crippen molar-refractivity contribution >= 4 is 34.2 Å². The number of aromatic nitrogens is 1. The molecule has 1 rings (SSSR count). The first kappa shape index (κ1) is 13.2. The van der Waals surface area contributed by atoms with Crippen molar-refractivity contribution in [2.45, 2.75) is 6.10 Å². The van der Waals surface area contributed by atoms with E-state index in [9.17, 15) is 14.7 Å². The standard InChI is InChI=1S/C8H13N5O3S/c1-11-7(16)4-5(9)13-17-8(4)12-2-3(14)6(10)15/h3,12,14H,2H2,1H3,(H2,9,13)(H2,10,15)(H,11,16). The summed E-state index contributed by atoms with van der Waals surface area (Å²) in [6, 6.07) is 0. The summed E-state index contributed by atoms with van der Waals surface area (Å²) in [5, 5.41) is 14.7. The minimum Gasteiger partial charge on any atom is -0.382 e. The van der Waals surface area contributed by atoms with Crippen LogP contribution in [-0.4, -0.2) is 41.0 Å². The third-order valence-corrected chi connectivity index (χ3v) is 2.78. The van der Waals surface area contributed by atoms with E-state index in [2.05, 4.69) is 15.0 Å². The first-order valence-electron chi connectivity index (χ1n) is 4.65. The Bertz CT molecular complexity index is 433. The summed E-state index contributed by atoms with van der Waals surface area (Å²) in [7, 11) is 1.46. The molecule has 1 unspecified atom stereocenters. The van der Waals surface area contributed by atoms with Gasteiger partial charge in [-0.25, -0.2) is 0 Å². The summed E-state index contributed by atoms with van der Waals surface area (Å²) in [5.74, 6) is -1.16. The van der Waals surface area contributed by atoms with E-state index < -0.39 is 17.9 Å². The van der Waals surface area contributed by atoms with Crippen LogP contribution in [0, 0.1) is 0 Å². The minimum absolute atomic E-state index is 0.0883. The van der Waals surface area contributed by atoms with Gasteiger partial charge in [-0.05, 0) is 11.5 Å². The molecule has 1 atom stereocenters. The first-order valence-corrected chi connectivity index (χ1v) is 5.43. The molecule has 0 radical (unpaired) electrons. The Morgan fingerprint density at radius 2 is 2.24 bits per heavy atom. The van der Waals surface area contributed by atoms with E-state index in [0.717, 1.165) is 11.5 Å². The van der Waals surface area contributed by atoms with Gasteiger partial charge >= 0.3 is 0 Å². The molecule has 0 saturated carbocycles. The molecule has 9 heteroatoms. The van der Waals surface area contributed by atoms with Crippen LogP contribution in [0.2, 0.25) is 0 Å². The van der Waals surface area contributed by atoms with Gasteiger partial charge in [-0.2, -0.15) is 4.37 Å². The molecule has 0 aliphatic heterocycles. The molecule has 0 fully saturated rings. The number of amides is 2. The normalized spacial score (nSPS) is 11.9. The minimum atomic E-state index is -1.34. The van der Waals surface area contributed by atoms with Gasteiger partial charge < -0.3 is 27.2 Å². The highest BCUT2D eigenvalue weighted by atomic mass is 32.1. The molecule has 1 heterocycles. The quantitative estimate of drug-likeness (QED) is 0.428. The Morgan fingerprint density at radius 1 is 1.59 bits per heavy atom. The van der Waals surface area contributed by atoms with Gasteiger partial charge in [-0.15, -0.1) is 0 Å². The number of aliphatic hydroxyl groups is 1. The Balaban J connectivity index is 2.78.